The van der Waals surface area contributed by atoms with Crippen LogP contribution in [0.2, 0.25) is 0 Å². The predicted octanol–water partition coefficient (Wildman–Crippen LogP) is 4.69. The van der Waals surface area contributed by atoms with Gasteiger partial charge in [0, 0.05) is 6.04 Å². The van der Waals surface area contributed by atoms with Gasteiger partial charge >= 0.3 is 0 Å². The fourth-order valence-electron chi connectivity index (χ4n) is 3.04. The Balaban J connectivity index is 1.73. The first-order valence-corrected chi connectivity index (χ1v) is 8.29. The molecule has 1 atom stereocenters. The normalized spacial score (nSPS) is 18.1. The molecule has 1 aliphatic rings. The molecule has 0 saturated heterocycles. The minimum Gasteiger partial charge on any atom is -0.497 e. The average Bonchev–Trinajstić information content (AvgIpc) is 2.89. The topological polar surface area (TPSA) is 34.1 Å². The van der Waals surface area contributed by atoms with Crippen LogP contribution in [0.25, 0.3) is 10.2 Å². The van der Waals surface area contributed by atoms with E-state index in [2.05, 4.69) is 23.3 Å². The van der Waals surface area contributed by atoms with Crippen LogP contribution in [-0.4, -0.2) is 18.1 Å². The molecule has 0 aliphatic heterocycles. The third-order valence-corrected chi connectivity index (χ3v) is 5.25. The van der Waals surface area contributed by atoms with Gasteiger partial charge in [-0.1, -0.05) is 30.6 Å². The SMILES string of the molecule is COc1ccc2nc(N[C@@H](C)C3CCCCC3)sc2c1. The number of rotatable bonds is 4. The molecule has 2 aromatic rings. The number of thiazole rings is 1. The van der Waals surface area contributed by atoms with E-state index in [0.29, 0.717) is 6.04 Å². The second-order valence-corrected chi connectivity index (χ2v) is 6.71. The van der Waals surface area contributed by atoms with Crippen molar-refractivity contribution in [2.75, 3.05) is 12.4 Å². The molecule has 108 valence electrons. The van der Waals surface area contributed by atoms with E-state index < -0.39 is 0 Å². The zero-order chi connectivity index (χ0) is 13.9. The second kappa shape index (κ2) is 6.00. The molecule has 4 heteroatoms. The van der Waals surface area contributed by atoms with Gasteiger partial charge in [-0.2, -0.15) is 0 Å². The number of anilines is 1. The quantitative estimate of drug-likeness (QED) is 0.887. The van der Waals surface area contributed by atoms with E-state index in [4.69, 9.17) is 4.74 Å². The maximum Gasteiger partial charge on any atom is 0.184 e. The number of ether oxygens (including phenoxy) is 1. The maximum atomic E-state index is 5.27. The lowest BCUT2D eigenvalue weighted by Gasteiger charge is -2.28. The van der Waals surface area contributed by atoms with Crippen LogP contribution >= 0.6 is 11.3 Å². The summed E-state index contributed by atoms with van der Waals surface area (Å²) in [7, 11) is 1.70. The molecule has 1 aromatic heterocycles. The third kappa shape index (κ3) is 2.90. The molecule has 20 heavy (non-hydrogen) atoms. The van der Waals surface area contributed by atoms with Crippen molar-refractivity contribution < 1.29 is 4.74 Å². The molecule has 3 nitrogen and oxygen atoms in total. The van der Waals surface area contributed by atoms with Gasteiger partial charge in [-0.3, -0.25) is 0 Å². The molecule has 1 N–H and O–H groups in total. The van der Waals surface area contributed by atoms with Gasteiger partial charge in [0.15, 0.2) is 5.13 Å². The molecule has 1 aromatic carbocycles. The Hall–Kier alpha value is -1.29. The van der Waals surface area contributed by atoms with Crippen LogP contribution in [0.5, 0.6) is 5.75 Å². The van der Waals surface area contributed by atoms with Gasteiger partial charge in [0.05, 0.1) is 17.3 Å². The highest BCUT2D eigenvalue weighted by atomic mass is 32.1. The van der Waals surface area contributed by atoms with Crippen LogP contribution in [0, 0.1) is 5.92 Å². The smallest absolute Gasteiger partial charge is 0.184 e. The Labute approximate surface area is 124 Å². The van der Waals surface area contributed by atoms with Crippen LogP contribution in [-0.2, 0) is 0 Å². The predicted molar refractivity (Wildman–Crippen MR) is 85.8 cm³/mol. The molecular formula is C16H22N2OS. The fraction of sp³-hybridized carbons (Fsp3) is 0.562. The zero-order valence-electron chi connectivity index (χ0n) is 12.2. The fourth-order valence-corrected chi connectivity index (χ4v) is 4.03. The summed E-state index contributed by atoms with van der Waals surface area (Å²) in [6, 6.07) is 6.57. The van der Waals surface area contributed by atoms with E-state index in [-0.39, 0.29) is 0 Å². The van der Waals surface area contributed by atoms with E-state index in [0.717, 1.165) is 22.3 Å². The number of fused-ring (bicyclic) bond motifs is 1. The lowest BCUT2D eigenvalue weighted by atomic mass is 9.85. The summed E-state index contributed by atoms with van der Waals surface area (Å²) in [5.41, 5.74) is 1.05. The van der Waals surface area contributed by atoms with Crippen LogP contribution in [0.1, 0.15) is 39.0 Å². The summed E-state index contributed by atoms with van der Waals surface area (Å²) >= 11 is 1.72. The summed E-state index contributed by atoms with van der Waals surface area (Å²) in [5, 5.41) is 4.64. The number of nitrogens with one attached hydrogen (secondary N) is 1. The van der Waals surface area contributed by atoms with Gasteiger partial charge in [0.25, 0.3) is 0 Å². The molecule has 0 radical (unpaired) electrons. The number of hydrogen-bond donors (Lipinski definition) is 1. The molecule has 1 fully saturated rings. The molecule has 3 rings (SSSR count). The Morgan fingerprint density at radius 3 is 2.85 bits per heavy atom. The summed E-state index contributed by atoms with van der Waals surface area (Å²) in [5.74, 6) is 1.69. The molecule has 0 unspecified atom stereocenters. The number of nitrogens with zero attached hydrogens (tertiary/aromatic N) is 1. The van der Waals surface area contributed by atoms with Gasteiger partial charge in [0.2, 0.25) is 0 Å². The second-order valence-electron chi connectivity index (χ2n) is 5.68. The van der Waals surface area contributed by atoms with Gasteiger partial charge in [-0.25, -0.2) is 4.98 Å². The van der Waals surface area contributed by atoms with Gasteiger partial charge < -0.3 is 10.1 Å². The van der Waals surface area contributed by atoms with E-state index in [1.807, 2.05) is 12.1 Å². The summed E-state index contributed by atoms with van der Waals surface area (Å²) in [6.45, 7) is 2.29. The Morgan fingerprint density at radius 1 is 1.30 bits per heavy atom. The minimum atomic E-state index is 0.512. The largest absolute Gasteiger partial charge is 0.497 e. The Morgan fingerprint density at radius 2 is 2.10 bits per heavy atom. The first-order chi connectivity index (χ1) is 9.76. The highest BCUT2D eigenvalue weighted by molar-refractivity contribution is 7.22. The number of aromatic nitrogens is 1. The van der Waals surface area contributed by atoms with Crippen LogP contribution < -0.4 is 10.1 Å². The van der Waals surface area contributed by atoms with Crippen LogP contribution in [0.15, 0.2) is 18.2 Å². The lowest BCUT2D eigenvalue weighted by Crippen LogP contribution is -2.27. The van der Waals surface area contributed by atoms with Crippen molar-refractivity contribution in [2.45, 2.75) is 45.1 Å². The van der Waals surface area contributed by atoms with E-state index in [1.165, 1.54) is 36.8 Å². The van der Waals surface area contributed by atoms with Gasteiger partial charge in [-0.05, 0) is 43.9 Å². The monoisotopic (exact) mass is 290 g/mol. The van der Waals surface area contributed by atoms with Crippen molar-refractivity contribution >= 4 is 26.7 Å². The first kappa shape index (κ1) is 13.7. The molecule has 1 saturated carbocycles. The molecule has 0 spiro atoms. The van der Waals surface area contributed by atoms with E-state index in [9.17, 15) is 0 Å². The average molecular weight is 290 g/mol. The summed E-state index contributed by atoms with van der Waals surface area (Å²) in [6.07, 6.45) is 6.88. The Bertz CT molecular complexity index is 575. The lowest BCUT2D eigenvalue weighted by molar-refractivity contribution is 0.328. The zero-order valence-corrected chi connectivity index (χ0v) is 13.0. The standard InChI is InChI=1S/C16H22N2OS/c1-11(12-6-4-3-5-7-12)17-16-18-14-9-8-13(19-2)10-15(14)20-16/h8-12H,3-7H2,1-2H3,(H,17,18)/t11-/m0/s1. The van der Waals surface area contributed by atoms with E-state index in [1.54, 1.807) is 18.4 Å². The molecule has 0 amide bonds. The van der Waals surface area contributed by atoms with Crippen molar-refractivity contribution in [1.29, 1.82) is 0 Å². The Kier molecular flexibility index (Phi) is 4.10. The summed E-state index contributed by atoms with van der Waals surface area (Å²) < 4.78 is 6.45. The molecular weight excluding hydrogens is 268 g/mol. The van der Waals surface area contributed by atoms with Crippen molar-refractivity contribution in [1.82, 2.24) is 4.98 Å². The molecule has 1 aliphatic carbocycles. The van der Waals surface area contributed by atoms with Crippen molar-refractivity contribution in [3.8, 4) is 5.75 Å². The highest BCUT2D eigenvalue weighted by Gasteiger charge is 2.20. The first-order valence-electron chi connectivity index (χ1n) is 7.47. The number of hydrogen-bond acceptors (Lipinski definition) is 4. The molecule has 1 heterocycles. The number of methoxy groups -OCH3 is 1. The summed E-state index contributed by atoms with van der Waals surface area (Å²) in [4.78, 5) is 4.67. The highest BCUT2D eigenvalue weighted by Crippen LogP contribution is 2.32. The maximum absolute atomic E-state index is 5.27. The number of benzene rings is 1. The molecule has 0 bridgehead atoms. The third-order valence-electron chi connectivity index (χ3n) is 4.30. The minimum absolute atomic E-state index is 0.512. The van der Waals surface area contributed by atoms with Gasteiger partial charge in [-0.15, -0.1) is 0 Å². The van der Waals surface area contributed by atoms with Crippen molar-refractivity contribution in [3.63, 3.8) is 0 Å². The van der Waals surface area contributed by atoms with Crippen molar-refractivity contribution in [3.05, 3.63) is 18.2 Å². The van der Waals surface area contributed by atoms with Crippen molar-refractivity contribution in [2.24, 2.45) is 5.92 Å². The van der Waals surface area contributed by atoms with Crippen LogP contribution in [0.3, 0.4) is 0 Å². The van der Waals surface area contributed by atoms with Gasteiger partial charge in [0.1, 0.15) is 5.75 Å². The van der Waals surface area contributed by atoms with E-state index >= 15 is 0 Å². The van der Waals surface area contributed by atoms with Crippen LogP contribution in [0.4, 0.5) is 5.13 Å².